The van der Waals surface area contributed by atoms with Gasteiger partial charge in [0, 0.05) is 12.3 Å². The lowest BCUT2D eigenvalue weighted by Gasteiger charge is -2.04. The molecule has 0 spiro atoms. The molecular formula is C11H12N2O4S. The lowest BCUT2D eigenvalue weighted by Crippen LogP contribution is -2.21. The minimum absolute atomic E-state index is 0.198. The van der Waals surface area contributed by atoms with Crippen molar-refractivity contribution >= 4 is 26.6 Å². The van der Waals surface area contributed by atoms with Crippen LogP contribution in [0, 0.1) is 0 Å². The van der Waals surface area contributed by atoms with Crippen molar-refractivity contribution in [3.8, 4) is 0 Å². The molecule has 2 heterocycles. The number of nitrogens with zero attached hydrogens (tertiary/aromatic N) is 1. The van der Waals surface area contributed by atoms with Crippen LogP contribution in [0.15, 0.2) is 27.8 Å². The van der Waals surface area contributed by atoms with Crippen molar-refractivity contribution in [1.82, 2.24) is 4.98 Å². The van der Waals surface area contributed by atoms with Gasteiger partial charge in [-0.2, -0.15) is 4.98 Å². The number of ether oxygens (including phenoxy) is 1. The summed E-state index contributed by atoms with van der Waals surface area (Å²) in [5.74, 6) is 0. The molecule has 1 saturated heterocycles. The number of rotatable bonds is 2. The van der Waals surface area contributed by atoms with Gasteiger partial charge in [-0.15, -0.1) is 0 Å². The average molecular weight is 268 g/mol. The Morgan fingerprint density at radius 1 is 1.39 bits per heavy atom. The number of nitrogens with two attached hydrogens (primary N) is 1. The summed E-state index contributed by atoms with van der Waals surface area (Å²) in [4.78, 5) is 4.00. The SMILES string of the molecule is Nc1ccc2oc(S(=O)(=O)C3CCOC3)nc2c1. The zero-order valence-electron chi connectivity index (χ0n) is 9.50. The number of fused-ring (bicyclic) bond motifs is 1. The molecule has 0 aliphatic carbocycles. The van der Waals surface area contributed by atoms with Gasteiger partial charge in [-0.3, -0.25) is 0 Å². The van der Waals surface area contributed by atoms with Gasteiger partial charge >= 0.3 is 5.22 Å². The van der Waals surface area contributed by atoms with Crippen LogP contribution in [0.3, 0.4) is 0 Å². The second kappa shape index (κ2) is 3.96. The van der Waals surface area contributed by atoms with Gasteiger partial charge in [0.25, 0.3) is 0 Å². The van der Waals surface area contributed by atoms with Crippen molar-refractivity contribution in [2.75, 3.05) is 18.9 Å². The van der Waals surface area contributed by atoms with Crippen molar-refractivity contribution in [2.24, 2.45) is 0 Å². The van der Waals surface area contributed by atoms with Crippen molar-refractivity contribution < 1.29 is 17.6 Å². The Balaban J connectivity index is 2.08. The summed E-state index contributed by atoms with van der Waals surface area (Å²) < 4.78 is 34.8. The summed E-state index contributed by atoms with van der Waals surface area (Å²) in [6.07, 6.45) is 0.475. The maximum atomic E-state index is 12.2. The zero-order chi connectivity index (χ0) is 12.8. The minimum Gasteiger partial charge on any atom is -0.428 e. The Labute approximate surface area is 104 Å². The highest BCUT2D eigenvalue weighted by Crippen LogP contribution is 2.26. The van der Waals surface area contributed by atoms with Gasteiger partial charge in [-0.05, 0) is 24.6 Å². The summed E-state index contributed by atoms with van der Waals surface area (Å²) >= 11 is 0. The van der Waals surface area contributed by atoms with Crippen LogP contribution >= 0.6 is 0 Å². The molecule has 6 nitrogen and oxygen atoms in total. The number of nitrogen functional groups attached to an aromatic ring is 1. The molecule has 0 amide bonds. The van der Waals surface area contributed by atoms with Gasteiger partial charge in [0.1, 0.15) is 5.52 Å². The molecule has 1 aromatic heterocycles. The molecule has 7 heteroatoms. The van der Waals surface area contributed by atoms with Crippen molar-refractivity contribution in [2.45, 2.75) is 16.9 Å². The first kappa shape index (κ1) is 11.5. The summed E-state index contributed by atoms with van der Waals surface area (Å²) in [5, 5.41) is -0.818. The highest BCUT2D eigenvalue weighted by atomic mass is 32.2. The van der Waals surface area contributed by atoms with E-state index in [0.29, 0.717) is 29.8 Å². The standard InChI is InChI=1S/C11H12N2O4S/c12-7-1-2-10-9(5-7)13-11(17-10)18(14,15)8-3-4-16-6-8/h1-2,5,8H,3-4,6,12H2. The number of sulfone groups is 1. The van der Waals surface area contributed by atoms with E-state index in [4.69, 9.17) is 14.9 Å². The van der Waals surface area contributed by atoms with Gasteiger partial charge in [0.2, 0.25) is 9.84 Å². The topological polar surface area (TPSA) is 95.4 Å². The van der Waals surface area contributed by atoms with Gasteiger partial charge in [0.15, 0.2) is 5.58 Å². The molecule has 96 valence electrons. The minimum atomic E-state index is -3.56. The van der Waals surface area contributed by atoms with Crippen LogP contribution in [0.2, 0.25) is 0 Å². The van der Waals surface area contributed by atoms with Crippen molar-refractivity contribution in [3.63, 3.8) is 0 Å². The van der Waals surface area contributed by atoms with E-state index in [9.17, 15) is 8.42 Å². The first-order valence-electron chi connectivity index (χ1n) is 5.55. The van der Waals surface area contributed by atoms with Crippen molar-refractivity contribution in [3.05, 3.63) is 18.2 Å². The van der Waals surface area contributed by atoms with Gasteiger partial charge in [-0.25, -0.2) is 8.42 Å². The fourth-order valence-corrected chi connectivity index (χ4v) is 3.34. The van der Waals surface area contributed by atoms with E-state index in [-0.39, 0.29) is 11.8 Å². The largest absolute Gasteiger partial charge is 0.428 e. The molecule has 0 bridgehead atoms. The van der Waals surface area contributed by atoms with Gasteiger partial charge in [-0.1, -0.05) is 0 Å². The molecule has 2 N–H and O–H groups in total. The van der Waals surface area contributed by atoms with Crippen LogP contribution < -0.4 is 5.73 Å². The summed E-state index contributed by atoms with van der Waals surface area (Å²) in [5.41, 5.74) is 7.00. The lowest BCUT2D eigenvalue weighted by molar-refractivity contribution is 0.198. The second-order valence-corrected chi connectivity index (χ2v) is 6.34. The first-order valence-corrected chi connectivity index (χ1v) is 7.10. The summed E-state index contributed by atoms with van der Waals surface area (Å²) in [6, 6.07) is 4.84. The Morgan fingerprint density at radius 3 is 2.94 bits per heavy atom. The van der Waals surface area contributed by atoms with E-state index in [0.717, 1.165) is 0 Å². The number of benzene rings is 1. The van der Waals surface area contributed by atoms with E-state index in [1.807, 2.05) is 0 Å². The highest BCUT2D eigenvalue weighted by molar-refractivity contribution is 7.91. The van der Waals surface area contributed by atoms with Crippen molar-refractivity contribution in [1.29, 1.82) is 0 Å². The number of hydrogen-bond donors (Lipinski definition) is 1. The molecule has 2 aromatic rings. The third-order valence-electron chi connectivity index (χ3n) is 2.96. The fraction of sp³-hybridized carbons (Fsp3) is 0.364. The van der Waals surface area contributed by atoms with E-state index < -0.39 is 15.1 Å². The highest BCUT2D eigenvalue weighted by Gasteiger charge is 2.35. The second-order valence-electron chi connectivity index (χ2n) is 4.24. The quantitative estimate of drug-likeness (QED) is 0.815. The lowest BCUT2D eigenvalue weighted by atomic mass is 10.3. The van der Waals surface area contributed by atoms with Crippen LogP contribution in [0.25, 0.3) is 11.1 Å². The maximum absolute atomic E-state index is 12.2. The first-order chi connectivity index (χ1) is 8.57. The van der Waals surface area contributed by atoms with Crippen LogP contribution in [0.5, 0.6) is 0 Å². The smallest absolute Gasteiger partial charge is 0.316 e. The van der Waals surface area contributed by atoms with E-state index in [1.54, 1.807) is 18.2 Å². The summed E-state index contributed by atoms with van der Waals surface area (Å²) in [7, 11) is -3.56. The average Bonchev–Trinajstić information content (AvgIpc) is 2.97. The van der Waals surface area contributed by atoms with Gasteiger partial charge < -0.3 is 14.9 Å². The number of oxazole rings is 1. The monoisotopic (exact) mass is 268 g/mol. The third kappa shape index (κ3) is 1.75. The Hall–Kier alpha value is -1.60. The molecule has 0 radical (unpaired) electrons. The molecule has 1 aliphatic heterocycles. The number of aromatic nitrogens is 1. The molecule has 1 aromatic carbocycles. The Bertz CT molecular complexity index is 686. The molecule has 1 unspecified atom stereocenters. The van der Waals surface area contributed by atoms with Gasteiger partial charge in [0.05, 0.1) is 11.9 Å². The summed E-state index contributed by atoms with van der Waals surface area (Å²) in [6.45, 7) is 0.653. The normalized spacial score (nSPS) is 20.6. The van der Waals surface area contributed by atoms with Crippen LogP contribution in [0.4, 0.5) is 5.69 Å². The van der Waals surface area contributed by atoms with Crippen LogP contribution in [-0.4, -0.2) is 31.9 Å². The predicted molar refractivity (Wildman–Crippen MR) is 64.8 cm³/mol. The number of hydrogen-bond acceptors (Lipinski definition) is 6. The molecule has 1 aliphatic rings. The predicted octanol–water partition coefficient (Wildman–Crippen LogP) is 0.973. The van der Waals surface area contributed by atoms with E-state index >= 15 is 0 Å². The third-order valence-corrected chi connectivity index (χ3v) is 4.87. The Kier molecular flexibility index (Phi) is 2.53. The van der Waals surface area contributed by atoms with E-state index in [2.05, 4.69) is 4.98 Å². The molecule has 0 saturated carbocycles. The van der Waals surface area contributed by atoms with Crippen LogP contribution in [0.1, 0.15) is 6.42 Å². The fourth-order valence-electron chi connectivity index (χ4n) is 1.95. The Morgan fingerprint density at radius 2 is 2.22 bits per heavy atom. The molecule has 1 atom stereocenters. The van der Waals surface area contributed by atoms with E-state index in [1.165, 1.54) is 0 Å². The molecule has 1 fully saturated rings. The zero-order valence-corrected chi connectivity index (χ0v) is 10.3. The molecule has 3 rings (SSSR count). The maximum Gasteiger partial charge on any atom is 0.316 e. The number of anilines is 1. The molecular weight excluding hydrogens is 256 g/mol. The van der Waals surface area contributed by atoms with Crippen LogP contribution in [-0.2, 0) is 14.6 Å². The molecule has 18 heavy (non-hydrogen) atoms.